The van der Waals surface area contributed by atoms with Gasteiger partial charge in [-0.15, -0.1) is 0 Å². The van der Waals surface area contributed by atoms with E-state index >= 15 is 0 Å². The Balaban J connectivity index is 0.00000272. The van der Waals surface area contributed by atoms with E-state index in [0.29, 0.717) is 0 Å². The number of aromatic amines is 1. The zero-order chi connectivity index (χ0) is 23.2. The third-order valence-corrected chi connectivity index (χ3v) is 7.43. The molecule has 2 aromatic heterocycles. The zero-order valence-corrected chi connectivity index (χ0v) is 27.8. The minimum absolute atomic E-state index is 0. The smallest absolute Gasteiger partial charge is 0.790 e. The zero-order valence-electron chi connectivity index (χ0n) is 16.2. The summed E-state index contributed by atoms with van der Waals surface area (Å²) in [6, 6.07) is 0. The van der Waals surface area contributed by atoms with Crippen molar-refractivity contribution < 1.29 is 56.3 Å². The van der Waals surface area contributed by atoms with Gasteiger partial charge in [-0.2, -0.15) is 4.98 Å². The molecule has 1 aliphatic heterocycles. The number of imidazole rings is 1. The summed E-state index contributed by atoms with van der Waals surface area (Å²) < 4.78 is 50.4. The molecule has 5 atom stereocenters. The molecule has 1 saturated heterocycles. The number of H-pyrrole nitrogens is 1. The topological polar surface area (TPSA) is 290 Å². The largest absolute Gasteiger partial charge is 2.00 e. The fraction of sp³-hybridized carbons (Fsp3) is 0.500. The average molecular weight is 778 g/mol. The van der Waals surface area contributed by atoms with Crippen LogP contribution in [0.3, 0.4) is 0 Å². The number of nitrogens with zero attached hydrogens (tertiary/aromatic N) is 3. The van der Waals surface area contributed by atoms with Gasteiger partial charge in [-0.1, -0.05) is 0 Å². The Labute approximate surface area is 264 Å². The number of nitrogens with two attached hydrogens (primary N) is 1. The molecule has 4 N–H and O–H groups in total. The molecule has 33 heavy (non-hydrogen) atoms. The van der Waals surface area contributed by atoms with Gasteiger partial charge in [0, 0.05) is 6.42 Å². The van der Waals surface area contributed by atoms with Crippen LogP contribution >= 0.6 is 23.5 Å². The maximum atomic E-state index is 11.8. The van der Waals surface area contributed by atoms with Gasteiger partial charge in [-0.05, 0) is 0 Å². The van der Waals surface area contributed by atoms with Crippen LogP contribution in [0.1, 0.15) is 12.6 Å². The van der Waals surface area contributed by atoms with Crippen molar-refractivity contribution in [2.75, 3.05) is 12.3 Å². The summed E-state index contributed by atoms with van der Waals surface area (Å²) in [6.45, 7) is -0.965. The van der Waals surface area contributed by atoms with Crippen molar-refractivity contribution >= 4 is 138 Å². The van der Waals surface area contributed by atoms with Crippen molar-refractivity contribution in [3.63, 3.8) is 0 Å². The molecule has 2 unspecified atom stereocenters. The van der Waals surface area contributed by atoms with Gasteiger partial charge in [0.2, 0.25) is 5.95 Å². The van der Waals surface area contributed by atoms with Gasteiger partial charge in [0.05, 0.1) is 26.9 Å². The van der Waals surface area contributed by atoms with E-state index in [0.717, 1.165) is 0 Å². The van der Waals surface area contributed by atoms with Crippen molar-refractivity contribution in [3.05, 3.63) is 16.7 Å². The maximum Gasteiger partial charge on any atom is 2.00 e. The van der Waals surface area contributed by atoms with E-state index < -0.39 is 54.1 Å². The molecule has 1 fully saturated rings. The standard InChI is InChI=1S/C10H16N5O13P3.2Ba/c11-10-13-8-7(9(17)14-10)12-3-15(8)6-1-4(16)5(26-6)2-25-30(21,22)28-31(23,24)27-29(18,19)20;;/h3-6,16H,1-2H2,(H,21,22)(H,23,24)(H2,18,19,20)(H3,11,13,14,17);;/q;2*+2/p-4/t4-,5+,6+;;/m0../s1. The number of ether oxygens (including phenoxy) is 1. The Kier molecular flexibility index (Phi) is 12.3. The summed E-state index contributed by atoms with van der Waals surface area (Å²) in [7, 11) is -18.0. The summed E-state index contributed by atoms with van der Waals surface area (Å²) in [5.74, 6) is -0.216. The summed E-state index contributed by atoms with van der Waals surface area (Å²) >= 11 is 0. The number of hydrogen-bond donors (Lipinski definition) is 3. The average Bonchev–Trinajstić information content (AvgIpc) is 3.13. The van der Waals surface area contributed by atoms with E-state index in [2.05, 4.69) is 28.1 Å². The van der Waals surface area contributed by atoms with Crippen LogP contribution in [0.2, 0.25) is 0 Å². The number of phosphoric acid groups is 3. The van der Waals surface area contributed by atoms with Crippen LogP contribution in [0.15, 0.2) is 11.1 Å². The van der Waals surface area contributed by atoms with E-state index in [1.54, 1.807) is 0 Å². The van der Waals surface area contributed by atoms with Crippen molar-refractivity contribution in [1.29, 1.82) is 0 Å². The van der Waals surface area contributed by atoms with Gasteiger partial charge in [0.25, 0.3) is 21.2 Å². The molecular formula is C10H12Ba2N5O13P3. The van der Waals surface area contributed by atoms with Crippen LogP contribution in [0.25, 0.3) is 11.2 Å². The fourth-order valence-corrected chi connectivity index (χ4v) is 5.50. The second kappa shape index (κ2) is 12.4. The third-order valence-electron chi connectivity index (χ3n) is 3.76. The molecule has 0 radical (unpaired) electrons. The van der Waals surface area contributed by atoms with Crippen LogP contribution in [0, 0.1) is 0 Å². The van der Waals surface area contributed by atoms with E-state index in [1.807, 2.05) is 0 Å². The van der Waals surface area contributed by atoms with E-state index in [9.17, 15) is 43.2 Å². The van der Waals surface area contributed by atoms with E-state index in [-0.39, 0.29) is 121 Å². The van der Waals surface area contributed by atoms with Crippen LogP contribution in [-0.4, -0.2) is 141 Å². The summed E-state index contributed by atoms with van der Waals surface area (Å²) in [6.07, 6.45) is -2.64. The summed E-state index contributed by atoms with van der Waals surface area (Å²) in [5, 5.41) is 10.1. The Morgan fingerprint density at radius 3 is 2.45 bits per heavy atom. The van der Waals surface area contributed by atoms with E-state index in [1.165, 1.54) is 10.9 Å². The monoisotopic (exact) mass is 779 g/mol. The number of aliphatic hydroxyl groups excluding tert-OH is 1. The number of aliphatic hydroxyl groups is 1. The SMILES string of the molecule is Nc1nc2c(ncn2[C@H]2C[C@H](O)[C@@H](COP(=O)([O-])OP(=O)([O-])OP(=O)([O-])[O-])O2)c(=O)[nH]1.[Ba+2].[Ba+2]. The number of anilines is 1. The molecule has 0 aliphatic carbocycles. The molecule has 3 heterocycles. The van der Waals surface area contributed by atoms with Crippen molar-refractivity contribution in [3.8, 4) is 0 Å². The molecule has 0 amide bonds. The molecule has 3 rings (SSSR count). The summed E-state index contributed by atoms with van der Waals surface area (Å²) in [4.78, 5) is 65.1. The first-order valence-electron chi connectivity index (χ1n) is 7.93. The number of phosphoric ester groups is 1. The first-order chi connectivity index (χ1) is 14.2. The predicted octanol–water partition coefficient (Wildman–Crippen LogP) is -4.60. The molecular weight excluding hydrogens is 766 g/mol. The molecule has 0 aromatic carbocycles. The molecule has 0 bridgehead atoms. The Morgan fingerprint density at radius 2 is 1.85 bits per heavy atom. The first kappa shape index (κ1) is 32.7. The maximum absolute atomic E-state index is 11.8. The minimum Gasteiger partial charge on any atom is -0.790 e. The van der Waals surface area contributed by atoms with E-state index in [4.69, 9.17) is 10.5 Å². The van der Waals surface area contributed by atoms with Crippen molar-refractivity contribution in [1.82, 2.24) is 19.5 Å². The molecule has 2 aromatic rings. The summed E-state index contributed by atoms with van der Waals surface area (Å²) in [5.41, 5.74) is 4.78. The quantitative estimate of drug-likeness (QED) is 0.168. The molecule has 18 nitrogen and oxygen atoms in total. The van der Waals surface area contributed by atoms with Crippen LogP contribution in [0.4, 0.5) is 5.95 Å². The van der Waals surface area contributed by atoms with Crippen LogP contribution in [0.5, 0.6) is 0 Å². The second-order valence-electron chi connectivity index (χ2n) is 6.01. The molecule has 0 saturated carbocycles. The number of hydrogen-bond acceptors (Lipinski definition) is 16. The van der Waals surface area contributed by atoms with Gasteiger partial charge in [0.15, 0.2) is 11.2 Å². The van der Waals surface area contributed by atoms with Gasteiger partial charge >= 0.3 is 97.8 Å². The van der Waals surface area contributed by atoms with Gasteiger partial charge in [-0.25, -0.2) is 9.29 Å². The number of aromatic nitrogens is 4. The fourth-order valence-electron chi connectivity index (χ4n) is 2.64. The number of fused-ring (bicyclic) bond motifs is 1. The molecule has 174 valence electrons. The third kappa shape index (κ3) is 9.15. The molecule has 23 heteroatoms. The second-order valence-corrected chi connectivity index (χ2v) is 10.3. The minimum atomic E-state index is -6.12. The Hall–Kier alpha value is 1.62. The van der Waals surface area contributed by atoms with Crippen LogP contribution in [-0.2, 0) is 31.6 Å². The Morgan fingerprint density at radius 1 is 1.21 bits per heavy atom. The van der Waals surface area contributed by atoms with Gasteiger partial charge in [-0.3, -0.25) is 27.8 Å². The Bertz CT molecular complexity index is 1190. The number of rotatable bonds is 8. The van der Waals surface area contributed by atoms with Gasteiger partial charge in [0.1, 0.15) is 12.3 Å². The predicted molar refractivity (Wildman–Crippen MR) is 99.5 cm³/mol. The van der Waals surface area contributed by atoms with Gasteiger partial charge < -0.3 is 44.2 Å². The normalized spacial score (nSPS) is 24.5. The van der Waals surface area contributed by atoms with Crippen LogP contribution < -0.4 is 30.9 Å². The number of nitrogen functional groups attached to an aromatic ring is 1. The molecule has 0 spiro atoms. The first-order valence-corrected chi connectivity index (χ1v) is 12.3. The number of nitrogens with one attached hydrogen (secondary N) is 1. The van der Waals surface area contributed by atoms with Crippen molar-refractivity contribution in [2.45, 2.75) is 24.9 Å². The molecule has 1 aliphatic rings. The van der Waals surface area contributed by atoms with Crippen molar-refractivity contribution in [2.24, 2.45) is 0 Å².